The number of piperazine rings is 1. The van der Waals surface area contributed by atoms with E-state index >= 15 is 0 Å². The Morgan fingerprint density at radius 2 is 1.50 bits per heavy atom. The third-order valence-corrected chi connectivity index (χ3v) is 6.62. The molecule has 0 radical (unpaired) electrons. The van der Waals surface area contributed by atoms with Gasteiger partial charge in [-0.2, -0.15) is 0 Å². The Labute approximate surface area is 166 Å². The third kappa shape index (κ3) is 4.22. The molecule has 1 aliphatic carbocycles. The standard InChI is InChI=1S/C22H30FN3O2/c23-19-9-7-17(8-10-19)21(27)26-11-3-4-18(16-26)22(28)25-14-12-24(13-15-25)20-5-1-2-6-20/h7-10,18,20H,1-6,11-16H2. The summed E-state index contributed by atoms with van der Waals surface area (Å²) in [6.07, 6.45) is 6.96. The van der Waals surface area contributed by atoms with Gasteiger partial charge < -0.3 is 9.80 Å². The van der Waals surface area contributed by atoms with Crippen LogP contribution in [0, 0.1) is 11.7 Å². The molecule has 28 heavy (non-hydrogen) atoms. The topological polar surface area (TPSA) is 43.9 Å². The zero-order valence-corrected chi connectivity index (χ0v) is 16.5. The van der Waals surface area contributed by atoms with Gasteiger partial charge in [0.25, 0.3) is 5.91 Å². The van der Waals surface area contributed by atoms with Crippen LogP contribution in [0.3, 0.4) is 0 Å². The maximum Gasteiger partial charge on any atom is 0.253 e. The van der Waals surface area contributed by atoms with E-state index in [0.717, 1.165) is 45.1 Å². The van der Waals surface area contributed by atoms with E-state index in [1.165, 1.54) is 49.9 Å². The molecule has 2 aliphatic heterocycles. The van der Waals surface area contributed by atoms with Gasteiger partial charge in [-0.1, -0.05) is 12.8 Å². The fraction of sp³-hybridized carbons (Fsp3) is 0.636. The summed E-state index contributed by atoms with van der Waals surface area (Å²) in [4.78, 5) is 32.1. The molecule has 1 unspecified atom stereocenters. The second-order valence-corrected chi connectivity index (χ2v) is 8.40. The van der Waals surface area contributed by atoms with Gasteiger partial charge in [-0.25, -0.2) is 4.39 Å². The third-order valence-electron chi connectivity index (χ3n) is 6.62. The Balaban J connectivity index is 1.32. The summed E-state index contributed by atoms with van der Waals surface area (Å²) in [5, 5.41) is 0. The minimum atomic E-state index is -0.347. The Kier molecular flexibility index (Phi) is 5.95. The number of amides is 2. The molecule has 152 valence electrons. The van der Waals surface area contributed by atoms with Crippen molar-refractivity contribution in [3.63, 3.8) is 0 Å². The fourth-order valence-electron chi connectivity index (χ4n) is 4.97. The second-order valence-electron chi connectivity index (χ2n) is 8.40. The van der Waals surface area contributed by atoms with Crippen molar-refractivity contribution in [3.8, 4) is 0 Å². The van der Waals surface area contributed by atoms with Gasteiger partial charge in [0, 0.05) is 50.9 Å². The molecule has 0 spiro atoms. The highest BCUT2D eigenvalue weighted by molar-refractivity contribution is 5.94. The maximum absolute atomic E-state index is 13.1. The monoisotopic (exact) mass is 387 g/mol. The number of piperidine rings is 1. The van der Waals surface area contributed by atoms with E-state index < -0.39 is 0 Å². The summed E-state index contributed by atoms with van der Waals surface area (Å²) in [6.45, 7) is 4.69. The van der Waals surface area contributed by atoms with Gasteiger partial charge in [0.15, 0.2) is 0 Å². The molecule has 0 bridgehead atoms. The van der Waals surface area contributed by atoms with Gasteiger partial charge in [-0.3, -0.25) is 14.5 Å². The quantitative estimate of drug-likeness (QED) is 0.801. The first-order valence-electron chi connectivity index (χ1n) is 10.7. The van der Waals surface area contributed by atoms with Crippen molar-refractivity contribution in [3.05, 3.63) is 35.6 Å². The van der Waals surface area contributed by atoms with E-state index in [0.29, 0.717) is 18.7 Å². The summed E-state index contributed by atoms with van der Waals surface area (Å²) in [7, 11) is 0. The zero-order chi connectivity index (χ0) is 19.5. The van der Waals surface area contributed by atoms with E-state index in [1.807, 2.05) is 4.90 Å². The van der Waals surface area contributed by atoms with Gasteiger partial charge in [0.05, 0.1) is 5.92 Å². The van der Waals surface area contributed by atoms with Crippen molar-refractivity contribution in [1.82, 2.24) is 14.7 Å². The predicted octanol–water partition coefficient (Wildman–Crippen LogP) is 2.76. The van der Waals surface area contributed by atoms with Crippen LogP contribution >= 0.6 is 0 Å². The molecule has 1 atom stereocenters. The minimum Gasteiger partial charge on any atom is -0.340 e. The van der Waals surface area contributed by atoms with Crippen LogP contribution in [-0.4, -0.2) is 71.8 Å². The molecule has 2 heterocycles. The van der Waals surface area contributed by atoms with E-state index in [1.54, 1.807) is 4.90 Å². The molecular weight excluding hydrogens is 357 g/mol. The van der Waals surface area contributed by atoms with Gasteiger partial charge >= 0.3 is 0 Å². The highest BCUT2D eigenvalue weighted by Gasteiger charge is 2.34. The van der Waals surface area contributed by atoms with Crippen molar-refractivity contribution in [2.24, 2.45) is 5.92 Å². The molecule has 3 fully saturated rings. The van der Waals surface area contributed by atoms with Crippen molar-refractivity contribution < 1.29 is 14.0 Å². The minimum absolute atomic E-state index is 0.108. The Hall–Kier alpha value is -1.95. The Bertz CT molecular complexity index is 694. The molecular formula is C22H30FN3O2. The van der Waals surface area contributed by atoms with Crippen LogP contribution in [-0.2, 0) is 4.79 Å². The number of carbonyl (C=O) groups excluding carboxylic acids is 2. The molecule has 4 rings (SSSR count). The number of carbonyl (C=O) groups is 2. The summed E-state index contributed by atoms with van der Waals surface area (Å²) >= 11 is 0. The number of nitrogens with zero attached hydrogens (tertiary/aromatic N) is 3. The second kappa shape index (κ2) is 8.60. The van der Waals surface area contributed by atoms with E-state index in [-0.39, 0.29) is 23.5 Å². The fourth-order valence-corrected chi connectivity index (χ4v) is 4.97. The van der Waals surface area contributed by atoms with E-state index in [4.69, 9.17) is 0 Å². The average molecular weight is 387 g/mol. The average Bonchev–Trinajstić information content (AvgIpc) is 3.28. The lowest BCUT2D eigenvalue weighted by Crippen LogP contribution is -2.54. The number of rotatable bonds is 3. The SMILES string of the molecule is O=C(c1ccc(F)cc1)N1CCCC(C(=O)N2CCN(C3CCCC3)CC2)C1. The molecule has 3 aliphatic rings. The number of benzene rings is 1. The molecule has 1 saturated carbocycles. The van der Waals surface area contributed by atoms with Crippen LogP contribution < -0.4 is 0 Å². The lowest BCUT2D eigenvalue weighted by Gasteiger charge is -2.40. The lowest BCUT2D eigenvalue weighted by atomic mass is 9.95. The summed E-state index contributed by atoms with van der Waals surface area (Å²) in [5.74, 6) is -0.373. The Morgan fingerprint density at radius 3 is 2.18 bits per heavy atom. The summed E-state index contributed by atoms with van der Waals surface area (Å²) in [5.41, 5.74) is 0.486. The molecule has 1 aromatic rings. The van der Waals surface area contributed by atoms with Crippen LogP contribution in [0.25, 0.3) is 0 Å². The van der Waals surface area contributed by atoms with Gasteiger partial charge in [-0.05, 0) is 49.9 Å². The van der Waals surface area contributed by atoms with Crippen LogP contribution in [0.1, 0.15) is 48.9 Å². The Morgan fingerprint density at radius 1 is 0.821 bits per heavy atom. The smallest absolute Gasteiger partial charge is 0.253 e. The first-order chi connectivity index (χ1) is 13.6. The lowest BCUT2D eigenvalue weighted by molar-refractivity contribution is -0.139. The van der Waals surface area contributed by atoms with E-state index in [2.05, 4.69) is 4.90 Å². The van der Waals surface area contributed by atoms with Crippen molar-refractivity contribution in [2.75, 3.05) is 39.3 Å². The largest absolute Gasteiger partial charge is 0.340 e. The van der Waals surface area contributed by atoms with Crippen molar-refractivity contribution in [1.29, 1.82) is 0 Å². The highest BCUT2D eigenvalue weighted by Crippen LogP contribution is 2.26. The van der Waals surface area contributed by atoms with Gasteiger partial charge in [0.1, 0.15) is 5.82 Å². The molecule has 0 N–H and O–H groups in total. The van der Waals surface area contributed by atoms with Gasteiger partial charge in [-0.15, -0.1) is 0 Å². The number of halogens is 1. The molecule has 5 nitrogen and oxygen atoms in total. The zero-order valence-electron chi connectivity index (χ0n) is 16.5. The summed E-state index contributed by atoms with van der Waals surface area (Å²) < 4.78 is 13.1. The maximum atomic E-state index is 13.1. The van der Waals surface area contributed by atoms with E-state index in [9.17, 15) is 14.0 Å². The normalized spacial score (nSPS) is 24.5. The number of hydrogen-bond donors (Lipinski definition) is 0. The molecule has 2 saturated heterocycles. The van der Waals surface area contributed by atoms with Gasteiger partial charge in [0.2, 0.25) is 5.91 Å². The highest BCUT2D eigenvalue weighted by atomic mass is 19.1. The van der Waals surface area contributed by atoms with Crippen molar-refractivity contribution >= 4 is 11.8 Å². The summed E-state index contributed by atoms with van der Waals surface area (Å²) in [6, 6.07) is 6.38. The van der Waals surface area contributed by atoms with Crippen LogP contribution in [0.5, 0.6) is 0 Å². The van der Waals surface area contributed by atoms with Crippen LogP contribution in [0.2, 0.25) is 0 Å². The van der Waals surface area contributed by atoms with Crippen LogP contribution in [0.4, 0.5) is 4.39 Å². The van der Waals surface area contributed by atoms with Crippen molar-refractivity contribution in [2.45, 2.75) is 44.6 Å². The molecule has 0 aromatic heterocycles. The molecule has 1 aromatic carbocycles. The first-order valence-corrected chi connectivity index (χ1v) is 10.7. The predicted molar refractivity (Wildman–Crippen MR) is 105 cm³/mol. The molecule has 6 heteroatoms. The number of hydrogen-bond acceptors (Lipinski definition) is 3. The van der Waals surface area contributed by atoms with Crippen LogP contribution in [0.15, 0.2) is 24.3 Å². The number of likely N-dealkylation sites (tertiary alicyclic amines) is 1. The molecule has 2 amide bonds. The first kappa shape index (κ1) is 19.4.